The molecule has 2 unspecified atom stereocenters. The number of esters is 1. The minimum Gasteiger partial charge on any atom is -0.458 e. The number of ether oxygens (including phenoxy) is 5. The quantitative estimate of drug-likeness (QED) is 0.0946. The number of hydrogen-bond acceptors (Lipinski definition) is 16. The molecule has 19 atom stereocenters. The molecule has 7 aliphatic rings. The molecule has 3 heterocycles. The maximum atomic E-state index is 12.5. The van der Waals surface area contributed by atoms with Crippen LogP contribution in [0.1, 0.15) is 65.2 Å². The summed E-state index contributed by atoms with van der Waals surface area (Å²) < 4.78 is 28.4. The molecule has 4 aliphatic carbocycles. The van der Waals surface area contributed by atoms with E-state index in [0.29, 0.717) is 25.7 Å². The highest BCUT2D eigenvalue weighted by Gasteiger charge is 2.73. The first-order chi connectivity index (χ1) is 24.0. The van der Waals surface area contributed by atoms with E-state index < -0.39 is 127 Å². The molecule has 51 heavy (non-hydrogen) atoms. The van der Waals surface area contributed by atoms with Crippen LogP contribution >= 0.6 is 0 Å². The molecule has 3 aliphatic heterocycles. The topological polar surface area (TPSA) is 266 Å². The second kappa shape index (κ2) is 13.4. The monoisotopic (exact) mass is 730 g/mol. The number of rotatable bonds is 7. The molecule has 0 aromatic carbocycles. The molecule has 290 valence electrons. The van der Waals surface area contributed by atoms with Gasteiger partial charge in [-0.05, 0) is 69.3 Å². The van der Waals surface area contributed by atoms with E-state index in [1.807, 2.05) is 6.92 Å². The maximum Gasteiger partial charge on any atom is 0.331 e. The first-order valence-corrected chi connectivity index (χ1v) is 18.3. The molecule has 4 saturated carbocycles. The zero-order valence-electron chi connectivity index (χ0n) is 28.9. The molecule has 0 aromatic rings. The third kappa shape index (κ3) is 5.67. The van der Waals surface area contributed by atoms with Crippen LogP contribution in [-0.2, 0) is 28.5 Å². The van der Waals surface area contributed by atoms with E-state index in [1.54, 1.807) is 0 Å². The summed E-state index contributed by atoms with van der Waals surface area (Å²) in [6, 6.07) is 0. The zero-order chi connectivity index (χ0) is 36.8. The summed E-state index contributed by atoms with van der Waals surface area (Å²) in [5.41, 5.74) is -3.77. The van der Waals surface area contributed by atoms with Crippen molar-refractivity contribution in [1.29, 1.82) is 0 Å². The predicted molar refractivity (Wildman–Crippen MR) is 170 cm³/mol. The van der Waals surface area contributed by atoms with Gasteiger partial charge in [-0.1, -0.05) is 6.92 Å². The van der Waals surface area contributed by atoms with Crippen LogP contribution < -0.4 is 0 Å². The molecule has 6 fully saturated rings. The third-order valence-corrected chi connectivity index (χ3v) is 14.2. The Bertz CT molecular complexity index is 1350. The van der Waals surface area contributed by atoms with E-state index in [4.69, 9.17) is 23.7 Å². The molecule has 0 aromatic heterocycles. The molecule has 0 radical (unpaired) electrons. The number of cyclic esters (lactones) is 1. The minimum atomic E-state index is -1.73. The van der Waals surface area contributed by atoms with E-state index in [0.717, 1.165) is 5.57 Å². The second-order valence-corrected chi connectivity index (χ2v) is 16.5. The van der Waals surface area contributed by atoms with Crippen LogP contribution in [0.3, 0.4) is 0 Å². The summed E-state index contributed by atoms with van der Waals surface area (Å²) >= 11 is 0. The third-order valence-electron chi connectivity index (χ3n) is 14.2. The molecular formula is C35H54O16. The fraction of sp³-hybridized carbons (Fsp3) is 0.914. The Hall–Kier alpha value is -1.35. The van der Waals surface area contributed by atoms with E-state index in [9.17, 15) is 55.9 Å². The fourth-order valence-corrected chi connectivity index (χ4v) is 11.5. The summed E-state index contributed by atoms with van der Waals surface area (Å²) in [5, 5.41) is 110. The number of hydrogen-bond donors (Lipinski definition) is 10. The second-order valence-electron chi connectivity index (χ2n) is 16.5. The molecule has 7 rings (SSSR count). The summed E-state index contributed by atoms with van der Waals surface area (Å²) in [5.74, 6) is -1.59. The van der Waals surface area contributed by atoms with Gasteiger partial charge in [-0.3, -0.25) is 0 Å². The van der Waals surface area contributed by atoms with Gasteiger partial charge in [0.2, 0.25) is 0 Å². The van der Waals surface area contributed by atoms with Gasteiger partial charge < -0.3 is 74.7 Å². The van der Waals surface area contributed by atoms with Crippen molar-refractivity contribution in [2.24, 2.45) is 28.6 Å². The molecule has 0 spiro atoms. The molecule has 2 saturated heterocycles. The number of aliphatic hydroxyl groups excluding tert-OH is 8. The van der Waals surface area contributed by atoms with Crippen LogP contribution in [0.5, 0.6) is 0 Å². The van der Waals surface area contributed by atoms with E-state index in [-0.39, 0.29) is 38.2 Å². The van der Waals surface area contributed by atoms with Gasteiger partial charge >= 0.3 is 5.97 Å². The highest BCUT2D eigenvalue weighted by atomic mass is 16.7. The van der Waals surface area contributed by atoms with Gasteiger partial charge in [0.25, 0.3) is 0 Å². The highest BCUT2D eigenvalue weighted by molar-refractivity contribution is 5.85. The lowest BCUT2D eigenvalue weighted by Crippen LogP contribution is -2.72. The molecule has 0 bridgehead atoms. The molecular weight excluding hydrogens is 676 g/mol. The summed E-state index contributed by atoms with van der Waals surface area (Å²) in [6.45, 7) is 2.58. The van der Waals surface area contributed by atoms with Crippen molar-refractivity contribution in [3.63, 3.8) is 0 Å². The molecule has 10 N–H and O–H groups in total. The summed E-state index contributed by atoms with van der Waals surface area (Å²) in [4.78, 5) is 11.9. The van der Waals surface area contributed by atoms with E-state index >= 15 is 0 Å². The van der Waals surface area contributed by atoms with E-state index in [2.05, 4.69) is 0 Å². The van der Waals surface area contributed by atoms with Gasteiger partial charge in [0.05, 0.1) is 42.7 Å². The van der Waals surface area contributed by atoms with Gasteiger partial charge in [-0.15, -0.1) is 0 Å². The smallest absolute Gasteiger partial charge is 0.331 e. The lowest BCUT2D eigenvalue weighted by atomic mass is 9.40. The molecule has 16 heteroatoms. The van der Waals surface area contributed by atoms with Gasteiger partial charge in [0, 0.05) is 29.2 Å². The van der Waals surface area contributed by atoms with Gasteiger partial charge in [-0.25, -0.2) is 4.79 Å². The Morgan fingerprint density at radius 3 is 2.22 bits per heavy atom. The SMILES string of the molecule is C[C@H]1O[C@@H](O[C@H]2CC[C@]3(CO)[C@H]4[C@H](O)C[C@]5(C)[C@@H](C6=CC(=O)OC6)CC[C@]5(O)[C@@H]4CC[C@]3(O)C2)C(O)C(O)[C@@H]1O[C@@H]1O[C@H](CO)[C@@H](O)[C@@H](O)[C@H]1O. The lowest BCUT2D eigenvalue weighted by Gasteiger charge is -2.67. The highest BCUT2D eigenvalue weighted by Crippen LogP contribution is 2.70. The van der Waals surface area contributed by atoms with Crippen molar-refractivity contribution < 1.29 is 79.5 Å². The van der Waals surface area contributed by atoms with Crippen molar-refractivity contribution in [3.8, 4) is 0 Å². The number of carbonyl (C=O) groups excluding carboxylic acids is 1. The van der Waals surface area contributed by atoms with Crippen LogP contribution in [-0.4, -0.2) is 162 Å². The van der Waals surface area contributed by atoms with Crippen molar-refractivity contribution >= 4 is 5.97 Å². The van der Waals surface area contributed by atoms with Gasteiger partial charge in [-0.2, -0.15) is 0 Å². The van der Waals surface area contributed by atoms with Crippen LogP contribution in [0.25, 0.3) is 0 Å². The van der Waals surface area contributed by atoms with E-state index in [1.165, 1.54) is 13.0 Å². The van der Waals surface area contributed by atoms with Gasteiger partial charge in [0.1, 0.15) is 49.3 Å². The number of carbonyl (C=O) groups is 1. The Labute approximate surface area is 295 Å². The van der Waals surface area contributed by atoms with Crippen LogP contribution in [0, 0.1) is 28.6 Å². The Morgan fingerprint density at radius 2 is 1.55 bits per heavy atom. The average molecular weight is 731 g/mol. The zero-order valence-corrected chi connectivity index (χ0v) is 28.9. The summed E-state index contributed by atoms with van der Waals surface area (Å²) in [6.07, 6.45) is -12.3. The Morgan fingerprint density at radius 1 is 0.843 bits per heavy atom. The standard InChI is InChI=1S/C35H54O16/c1-15-29(51-31-27(43)25(41)24(40)21(12-36)50-31)26(42)28(44)30(48-15)49-17-3-6-33(14-37)23-19(4-7-34(33,45)10-17)35(46)8-5-18(16-9-22(39)47-13-16)32(35,2)11-20(23)38/h9,15,17-21,23-31,36-38,40-46H,3-8,10-14H2,1-2H3/t15-,17+,18-,19-,20-,21-,23-,24-,25-,26?,27-,28?,29-,30+,31+,32-,33+,34+,35+/m1/s1. The average Bonchev–Trinajstić information content (AvgIpc) is 3.63. The molecule has 0 amide bonds. The minimum absolute atomic E-state index is 0.0377. The number of fused-ring (bicyclic) bond motifs is 5. The molecule has 16 nitrogen and oxygen atoms in total. The fourth-order valence-electron chi connectivity index (χ4n) is 11.5. The first kappa shape index (κ1) is 37.9. The first-order valence-electron chi connectivity index (χ1n) is 18.3. The predicted octanol–water partition coefficient (Wildman–Crippen LogP) is -2.66. The van der Waals surface area contributed by atoms with Crippen molar-refractivity contribution in [2.75, 3.05) is 19.8 Å². The summed E-state index contributed by atoms with van der Waals surface area (Å²) in [7, 11) is 0. The Balaban J connectivity index is 1.04. The van der Waals surface area contributed by atoms with Crippen LogP contribution in [0.15, 0.2) is 11.6 Å². The lowest BCUT2D eigenvalue weighted by molar-refractivity contribution is -0.363. The Kier molecular flexibility index (Phi) is 10.0. The van der Waals surface area contributed by atoms with Crippen LogP contribution in [0.2, 0.25) is 0 Å². The van der Waals surface area contributed by atoms with Crippen molar-refractivity contribution in [2.45, 2.75) is 150 Å². The normalized spacial score (nSPS) is 55.7. The van der Waals surface area contributed by atoms with Gasteiger partial charge in [0.15, 0.2) is 12.6 Å². The largest absolute Gasteiger partial charge is 0.458 e. The van der Waals surface area contributed by atoms with Crippen molar-refractivity contribution in [3.05, 3.63) is 11.6 Å². The van der Waals surface area contributed by atoms with Crippen molar-refractivity contribution in [1.82, 2.24) is 0 Å². The van der Waals surface area contributed by atoms with Crippen LogP contribution in [0.4, 0.5) is 0 Å². The maximum absolute atomic E-state index is 12.5. The number of aliphatic hydroxyl groups is 10.